The Labute approximate surface area is 101 Å². The minimum absolute atomic E-state index is 0.503. The fourth-order valence-corrected chi connectivity index (χ4v) is 3.16. The molecule has 0 spiro atoms. The largest absolute Gasteiger partial charge is 0.373 e. The standard InChI is InChI=1S/C12H19N3S/c1-4-8(5-2)11-14-10-7-16-6-9(10)12(13-3)15-11/h8H,4-7H2,1-3H3,(H,13,14,15). The Morgan fingerprint density at radius 1 is 1.25 bits per heavy atom. The number of thioether (sulfide) groups is 1. The van der Waals surface area contributed by atoms with E-state index in [1.54, 1.807) is 0 Å². The predicted molar refractivity (Wildman–Crippen MR) is 69.9 cm³/mol. The molecule has 88 valence electrons. The van der Waals surface area contributed by atoms with Crippen molar-refractivity contribution in [1.29, 1.82) is 0 Å². The van der Waals surface area contributed by atoms with Gasteiger partial charge in [0.2, 0.25) is 0 Å². The molecule has 0 fully saturated rings. The summed E-state index contributed by atoms with van der Waals surface area (Å²) in [5.74, 6) is 4.66. The van der Waals surface area contributed by atoms with Crippen LogP contribution in [-0.4, -0.2) is 17.0 Å². The van der Waals surface area contributed by atoms with Crippen molar-refractivity contribution in [3.8, 4) is 0 Å². The first-order valence-corrected chi connectivity index (χ1v) is 7.10. The number of rotatable bonds is 4. The highest BCUT2D eigenvalue weighted by molar-refractivity contribution is 7.98. The predicted octanol–water partition coefficient (Wildman–Crippen LogP) is 3.17. The van der Waals surface area contributed by atoms with Gasteiger partial charge in [-0.15, -0.1) is 0 Å². The average molecular weight is 237 g/mol. The molecular formula is C12H19N3S. The number of fused-ring (bicyclic) bond motifs is 1. The Kier molecular flexibility index (Phi) is 3.69. The van der Waals surface area contributed by atoms with Crippen LogP contribution >= 0.6 is 11.8 Å². The van der Waals surface area contributed by atoms with Crippen LogP contribution in [0.4, 0.5) is 5.82 Å². The van der Waals surface area contributed by atoms with E-state index >= 15 is 0 Å². The van der Waals surface area contributed by atoms with Crippen molar-refractivity contribution < 1.29 is 0 Å². The third-order valence-corrected chi connectivity index (χ3v) is 4.15. The Morgan fingerprint density at radius 3 is 2.62 bits per heavy atom. The highest BCUT2D eigenvalue weighted by Crippen LogP contribution is 2.34. The molecule has 0 bridgehead atoms. The normalized spacial score (nSPS) is 14.2. The zero-order valence-electron chi connectivity index (χ0n) is 10.2. The second kappa shape index (κ2) is 5.04. The molecule has 2 heterocycles. The zero-order chi connectivity index (χ0) is 11.5. The molecule has 1 aliphatic heterocycles. The summed E-state index contributed by atoms with van der Waals surface area (Å²) in [6.45, 7) is 4.41. The molecule has 1 aliphatic rings. The molecule has 0 atom stereocenters. The molecule has 3 nitrogen and oxygen atoms in total. The Bertz CT molecular complexity index is 375. The summed E-state index contributed by atoms with van der Waals surface area (Å²) in [7, 11) is 1.95. The molecule has 0 unspecified atom stereocenters. The van der Waals surface area contributed by atoms with E-state index in [4.69, 9.17) is 4.98 Å². The Balaban J connectivity index is 2.41. The number of nitrogens with zero attached hydrogens (tertiary/aromatic N) is 2. The van der Waals surface area contributed by atoms with Crippen molar-refractivity contribution in [1.82, 2.24) is 9.97 Å². The molecular weight excluding hydrogens is 218 g/mol. The zero-order valence-corrected chi connectivity index (χ0v) is 11.0. The van der Waals surface area contributed by atoms with Crippen molar-refractivity contribution >= 4 is 17.6 Å². The lowest BCUT2D eigenvalue weighted by Gasteiger charge is -2.14. The number of nitrogens with one attached hydrogen (secondary N) is 1. The van der Waals surface area contributed by atoms with Gasteiger partial charge in [0, 0.05) is 30.0 Å². The van der Waals surface area contributed by atoms with Crippen molar-refractivity contribution in [2.75, 3.05) is 12.4 Å². The lowest BCUT2D eigenvalue weighted by atomic mass is 10.0. The SMILES string of the molecule is CCC(CC)c1nc2c(c(NC)n1)CSC2. The number of hydrogen-bond acceptors (Lipinski definition) is 4. The van der Waals surface area contributed by atoms with Crippen LogP contribution in [0.1, 0.15) is 49.7 Å². The van der Waals surface area contributed by atoms with Crippen LogP contribution in [0, 0.1) is 0 Å². The van der Waals surface area contributed by atoms with Gasteiger partial charge in [0.15, 0.2) is 0 Å². The van der Waals surface area contributed by atoms with Crippen LogP contribution in [0.25, 0.3) is 0 Å². The van der Waals surface area contributed by atoms with E-state index in [0.717, 1.165) is 36.0 Å². The van der Waals surface area contributed by atoms with Crippen LogP contribution < -0.4 is 5.32 Å². The Hall–Kier alpha value is -0.770. The molecule has 0 saturated carbocycles. The molecule has 0 aromatic carbocycles. The van der Waals surface area contributed by atoms with E-state index in [-0.39, 0.29) is 0 Å². The molecule has 2 rings (SSSR count). The summed E-state index contributed by atoms with van der Waals surface area (Å²) in [6, 6.07) is 0. The minimum atomic E-state index is 0.503. The van der Waals surface area contributed by atoms with Gasteiger partial charge >= 0.3 is 0 Å². The fraction of sp³-hybridized carbons (Fsp3) is 0.667. The topological polar surface area (TPSA) is 37.8 Å². The Morgan fingerprint density at radius 2 is 2.00 bits per heavy atom. The van der Waals surface area contributed by atoms with Gasteiger partial charge in [-0.2, -0.15) is 11.8 Å². The van der Waals surface area contributed by atoms with Crippen LogP contribution in [0.2, 0.25) is 0 Å². The first kappa shape index (κ1) is 11.7. The van der Waals surface area contributed by atoms with Gasteiger partial charge in [-0.05, 0) is 12.8 Å². The molecule has 1 N–H and O–H groups in total. The van der Waals surface area contributed by atoms with Gasteiger partial charge in [-0.1, -0.05) is 13.8 Å². The molecule has 16 heavy (non-hydrogen) atoms. The van der Waals surface area contributed by atoms with E-state index in [2.05, 4.69) is 24.1 Å². The quantitative estimate of drug-likeness (QED) is 0.873. The monoisotopic (exact) mass is 237 g/mol. The second-order valence-corrected chi connectivity index (χ2v) is 5.10. The van der Waals surface area contributed by atoms with Gasteiger partial charge < -0.3 is 5.32 Å². The lowest BCUT2D eigenvalue weighted by Crippen LogP contribution is -2.09. The average Bonchev–Trinajstić information content (AvgIpc) is 2.77. The molecule has 0 radical (unpaired) electrons. The van der Waals surface area contributed by atoms with Crippen molar-refractivity contribution in [3.05, 3.63) is 17.1 Å². The lowest BCUT2D eigenvalue weighted by molar-refractivity contribution is 0.599. The van der Waals surface area contributed by atoms with Crippen molar-refractivity contribution in [3.63, 3.8) is 0 Å². The van der Waals surface area contributed by atoms with Gasteiger partial charge in [0.1, 0.15) is 11.6 Å². The maximum atomic E-state index is 4.73. The molecule has 1 aromatic heterocycles. The molecule has 0 amide bonds. The van der Waals surface area contributed by atoms with E-state index in [1.807, 2.05) is 18.8 Å². The van der Waals surface area contributed by atoms with Crippen LogP contribution in [-0.2, 0) is 11.5 Å². The summed E-state index contributed by atoms with van der Waals surface area (Å²) in [5.41, 5.74) is 2.55. The third-order valence-electron chi connectivity index (χ3n) is 3.18. The van der Waals surface area contributed by atoms with Crippen LogP contribution in [0.5, 0.6) is 0 Å². The van der Waals surface area contributed by atoms with Gasteiger partial charge in [0.25, 0.3) is 0 Å². The number of hydrogen-bond donors (Lipinski definition) is 1. The van der Waals surface area contributed by atoms with Gasteiger partial charge in [0.05, 0.1) is 5.69 Å². The first-order valence-electron chi connectivity index (χ1n) is 5.95. The summed E-state index contributed by atoms with van der Waals surface area (Å²) < 4.78 is 0. The summed E-state index contributed by atoms with van der Waals surface area (Å²) in [5, 5.41) is 3.21. The van der Waals surface area contributed by atoms with E-state index in [0.29, 0.717) is 5.92 Å². The van der Waals surface area contributed by atoms with E-state index < -0.39 is 0 Å². The molecule has 1 aromatic rings. The summed E-state index contributed by atoms with van der Waals surface area (Å²) >= 11 is 1.93. The second-order valence-electron chi connectivity index (χ2n) is 4.11. The van der Waals surface area contributed by atoms with Gasteiger partial charge in [-0.25, -0.2) is 9.97 Å². The minimum Gasteiger partial charge on any atom is -0.373 e. The van der Waals surface area contributed by atoms with Crippen LogP contribution in [0.3, 0.4) is 0 Å². The van der Waals surface area contributed by atoms with E-state index in [1.165, 1.54) is 11.3 Å². The van der Waals surface area contributed by atoms with Gasteiger partial charge in [-0.3, -0.25) is 0 Å². The maximum Gasteiger partial charge on any atom is 0.134 e. The maximum absolute atomic E-state index is 4.73. The highest BCUT2D eigenvalue weighted by Gasteiger charge is 2.21. The number of anilines is 1. The summed E-state index contributed by atoms with van der Waals surface area (Å²) in [4.78, 5) is 9.40. The highest BCUT2D eigenvalue weighted by atomic mass is 32.2. The summed E-state index contributed by atoms with van der Waals surface area (Å²) in [6.07, 6.45) is 2.23. The molecule has 0 saturated heterocycles. The van der Waals surface area contributed by atoms with Crippen molar-refractivity contribution in [2.24, 2.45) is 0 Å². The van der Waals surface area contributed by atoms with Crippen molar-refractivity contribution in [2.45, 2.75) is 44.1 Å². The first-order chi connectivity index (χ1) is 7.80. The molecule has 0 aliphatic carbocycles. The van der Waals surface area contributed by atoms with E-state index in [9.17, 15) is 0 Å². The smallest absolute Gasteiger partial charge is 0.134 e. The molecule has 4 heteroatoms. The van der Waals surface area contributed by atoms with Crippen LogP contribution in [0.15, 0.2) is 0 Å². The third kappa shape index (κ3) is 2.03. The number of aromatic nitrogens is 2. The fourth-order valence-electron chi connectivity index (χ4n) is 2.11.